The van der Waals surface area contributed by atoms with Crippen LogP contribution in [0.4, 0.5) is 5.69 Å². The Balaban J connectivity index is 1.51. The molecule has 3 amide bonds. The zero-order valence-corrected chi connectivity index (χ0v) is 16.7. The van der Waals surface area contributed by atoms with Crippen LogP contribution in [0.15, 0.2) is 45.9 Å². The molecule has 8 nitrogen and oxygen atoms in total. The maximum Gasteiger partial charge on any atom is 0.349 e. The van der Waals surface area contributed by atoms with E-state index in [4.69, 9.17) is 4.42 Å². The van der Waals surface area contributed by atoms with E-state index in [1.54, 1.807) is 12.1 Å². The van der Waals surface area contributed by atoms with Crippen LogP contribution in [-0.4, -0.2) is 46.2 Å². The molecule has 4 rings (SSSR count). The number of likely N-dealkylation sites (tertiary alicyclic amines) is 1. The van der Waals surface area contributed by atoms with Crippen LogP contribution < -0.4 is 15.8 Å². The fourth-order valence-electron chi connectivity index (χ4n) is 3.33. The Morgan fingerprint density at radius 2 is 1.86 bits per heavy atom. The van der Waals surface area contributed by atoms with Crippen molar-refractivity contribution in [2.24, 2.45) is 0 Å². The number of fused-ring (bicyclic) bond motifs is 2. The van der Waals surface area contributed by atoms with Crippen molar-refractivity contribution in [2.45, 2.75) is 24.3 Å². The van der Waals surface area contributed by atoms with Crippen LogP contribution in [0.5, 0.6) is 0 Å². The number of imide groups is 1. The lowest BCUT2D eigenvalue weighted by molar-refractivity contribution is -0.135. The van der Waals surface area contributed by atoms with Crippen LogP contribution in [0.3, 0.4) is 0 Å². The van der Waals surface area contributed by atoms with Gasteiger partial charge in [0.25, 0.3) is 5.91 Å². The van der Waals surface area contributed by atoms with Gasteiger partial charge < -0.3 is 14.6 Å². The molecular formula is C20H19N3O5S. The molecule has 0 spiro atoms. The molecule has 0 unspecified atom stereocenters. The average molecular weight is 413 g/mol. The van der Waals surface area contributed by atoms with Crippen molar-refractivity contribution >= 4 is 46.1 Å². The fraction of sp³-hybridized carbons (Fsp3) is 0.300. The monoisotopic (exact) mass is 413 g/mol. The maximum absolute atomic E-state index is 12.4. The number of thioether (sulfide) groups is 1. The minimum Gasteiger partial charge on any atom is -0.422 e. The van der Waals surface area contributed by atoms with Gasteiger partial charge in [-0.2, -0.15) is 0 Å². The summed E-state index contributed by atoms with van der Waals surface area (Å²) in [5.41, 5.74) is 0.416. The smallest absolute Gasteiger partial charge is 0.349 e. The number of anilines is 1. The largest absolute Gasteiger partial charge is 0.422 e. The summed E-state index contributed by atoms with van der Waals surface area (Å²) in [5.74, 6) is -1.25. The van der Waals surface area contributed by atoms with Gasteiger partial charge in [0.1, 0.15) is 21.6 Å². The Morgan fingerprint density at radius 3 is 2.52 bits per heavy atom. The summed E-state index contributed by atoms with van der Waals surface area (Å²) in [6.07, 6.45) is 2.40. The topological polar surface area (TPSA) is 99.9 Å². The molecule has 1 aromatic heterocycles. The second kappa shape index (κ2) is 7.40. The molecule has 1 N–H and O–H groups in total. The number of benzene rings is 1. The summed E-state index contributed by atoms with van der Waals surface area (Å²) in [4.78, 5) is 51.5. The lowest BCUT2D eigenvalue weighted by Crippen LogP contribution is -2.30. The predicted molar refractivity (Wildman–Crippen MR) is 110 cm³/mol. The van der Waals surface area contributed by atoms with Gasteiger partial charge in [-0.05, 0) is 32.0 Å². The van der Waals surface area contributed by atoms with Crippen molar-refractivity contribution in [3.63, 3.8) is 0 Å². The van der Waals surface area contributed by atoms with Crippen LogP contribution in [0.25, 0.3) is 11.0 Å². The minimum absolute atomic E-state index is 0.157. The van der Waals surface area contributed by atoms with Gasteiger partial charge in [0.2, 0.25) is 11.8 Å². The molecule has 0 bridgehead atoms. The van der Waals surface area contributed by atoms with Crippen LogP contribution in [0, 0.1) is 0 Å². The van der Waals surface area contributed by atoms with E-state index in [0.29, 0.717) is 11.0 Å². The molecule has 2 aliphatic rings. The molecule has 2 aliphatic heterocycles. The van der Waals surface area contributed by atoms with Gasteiger partial charge in [-0.25, -0.2) is 4.79 Å². The molecule has 3 heterocycles. The van der Waals surface area contributed by atoms with Crippen molar-refractivity contribution in [1.82, 2.24) is 10.2 Å². The van der Waals surface area contributed by atoms with Crippen molar-refractivity contribution in [3.8, 4) is 0 Å². The van der Waals surface area contributed by atoms with Crippen LogP contribution in [0.2, 0.25) is 0 Å². The third-order valence-corrected chi connectivity index (χ3v) is 6.20. The molecule has 2 saturated heterocycles. The number of hydrogen-bond acceptors (Lipinski definition) is 7. The van der Waals surface area contributed by atoms with Crippen molar-refractivity contribution in [3.05, 3.63) is 52.6 Å². The second-order valence-corrected chi connectivity index (χ2v) is 7.94. The van der Waals surface area contributed by atoms with Gasteiger partial charge in [0, 0.05) is 42.6 Å². The highest BCUT2D eigenvalue weighted by atomic mass is 32.2. The van der Waals surface area contributed by atoms with Crippen LogP contribution >= 0.6 is 11.8 Å². The standard InChI is InChI=1S/C20H19N3O5S/c1-3-22(4-2)12-6-5-11-9-13(20(27)28-14(11)10-12)17(24)21-7-8-23-18(25)15-16(29-15)19(23)26/h5-10,15-16H,3-4H2,1-2H3,(H,21,24)/b8-7-/t15-,16+. The number of carbonyl (C=O) groups is 3. The molecule has 2 aromatic rings. The number of amides is 3. The predicted octanol–water partition coefficient (Wildman–Crippen LogP) is 1.69. The first kappa shape index (κ1) is 19.3. The summed E-state index contributed by atoms with van der Waals surface area (Å²) in [7, 11) is 0. The minimum atomic E-state index is -0.758. The molecule has 29 heavy (non-hydrogen) atoms. The van der Waals surface area contributed by atoms with Gasteiger partial charge in [-0.15, -0.1) is 11.8 Å². The first-order chi connectivity index (χ1) is 13.9. The van der Waals surface area contributed by atoms with E-state index in [-0.39, 0.29) is 27.9 Å². The van der Waals surface area contributed by atoms with E-state index in [2.05, 4.69) is 10.2 Å². The molecule has 0 radical (unpaired) electrons. The van der Waals surface area contributed by atoms with E-state index in [1.165, 1.54) is 30.2 Å². The lowest BCUT2D eigenvalue weighted by Gasteiger charge is -2.20. The number of rotatable bonds is 6. The molecule has 2 atom stereocenters. The number of hydrogen-bond donors (Lipinski definition) is 1. The Labute approximate surface area is 170 Å². The number of carbonyl (C=O) groups excluding carboxylic acids is 3. The summed E-state index contributed by atoms with van der Waals surface area (Å²) in [6.45, 7) is 5.72. The van der Waals surface area contributed by atoms with Gasteiger partial charge in [0.05, 0.1) is 0 Å². The second-order valence-electron chi connectivity index (χ2n) is 6.65. The van der Waals surface area contributed by atoms with Gasteiger partial charge in [0.15, 0.2) is 0 Å². The number of nitrogens with zero attached hydrogens (tertiary/aromatic N) is 2. The van der Waals surface area contributed by atoms with Crippen LogP contribution in [0.1, 0.15) is 24.2 Å². The third kappa shape index (κ3) is 3.42. The first-order valence-corrected chi connectivity index (χ1v) is 10.2. The van der Waals surface area contributed by atoms with Crippen molar-refractivity contribution < 1.29 is 18.8 Å². The number of nitrogens with one attached hydrogen (secondary N) is 1. The quantitative estimate of drug-likeness (QED) is 0.437. The van der Waals surface area contributed by atoms with E-state index in [0.717, 1.165) is 23.7 Å². The lowest BCUT2D eigenvalue weighted by atomic mass is 10.1. The van der Waals surface area contributed by atoms with Gasteiger partial charge in [-0.1, -0.05) is 0 Å². The highest BCUT2D eigenvalue weighted by molar-refractivity contribution is 8.09. The first-order valence-electron chi connectivity index (χ1n) is 9.27. The van der Waals surface area contributed by atoms with Crippen molar-refractivity contribution in [2.75, 3.05) is 18.0 Å². The normalized spacial score (nSPS) is 20.4. The zero-order valence-electron chi connectivity index (χ0n) is 15.9. The van der Waals surface area contributed by atoms with E-state index >= 15 is 0 Å². The van der Waals surface area contributed by atoms with Gasteiger partial charge in [-0.3, -0.25) is 19.3 Å². The SMILES string of the molecule is CCN(CC)c1ccc2cc(C(=O)N/C=C\N3C(=O)[C@H]4S[C@H]4C3=O)c(=O)oc2c1. The van der Waals surface area contributed by atoms with Crippen molar-refractivity contribution in [1.29, 1.82) is 0 Å². The average Bonchev–Trinajstić information content (AvgIpc) is 3.47. The Morgan fingerprint density at radius 1 is 1.17 bits per heavy atom. The van der Waals surface area contributed by atoms with E-state index in [9.17, 15) is 19.2 Å². The summed E-state index contributed by atoms with van der Waals surface area (Å²) >= 11 is 1.32. The molecule has 1 aromatic carbocycles. The Hall–Kier alpha value is -3.07. The molecular weight excluding hydrogens is 394 g/mol. The molecule has 150 valence electrons. The molecule has 9 heteroatoms. The highest BCUT2D eigenvalue weighted by Gasteiger charge is 2.59. The highest BCUT2D eigenvalue weighted by Crippen LogP contribution is 2.48. The van der Waals surface area contributed by atoms with Crippen LogP contribution in [-0.2, 0) is 9.59 Å². The van der Waals surface area contributed by atoms with E-state index < -0.39 is 11.5 Å². The maximum atomic E-state index is 12.4. The summed E-state index contributed by atoms with van der Waals surface area (Å²) in [5, 5.41) is 2.44. The van der Waals surface area contributed by atoms with Gasteiger partial charge >= 0.3 is 5.63 Å². The third-order valence-electron chi connectivity index (χ3n) is 4.98. The summed E-state index contributed by atoms with van der Waals surface area (Å²) < 4.78 is 5.34. The zero-order chi connectivity index (χ0) is 20.7. The molecule has 0 aliphatic carbocycles. The Bertz CT molecular complexity index is 1080. The molecule has 0 saturated carbocycles. The summed E-state index contributed by atoms with van der Waals surface area (Å²) in [6, 6.07) is 6.95. The fourth-order valence-corrected chi connectivity index (χ4v) is 4.24. The molecule has 2 fully saturated rings. The van der Waals surface area contributed by atoms with E-state index in [1.807, 2.05) is 19.9 Å². The Kier molecular flexibility index (Phi) is 4.91.